The summed E-state index contributed by atoms with van der Waals surface area (Å²) >= 11 is 0. The Morgan fingerprint density at radius 1 is 1.26 bits per heavy atom. The van der Waals surface area contributed by atoms with Crippen LogP contribution in [0.4, 0.5) is 10.2 Å². The quantitative estimate of drug-likeness (QED) is 0.843. The molecule has 0 saturated carbocycles. The zero-order valence-corrected chi connectivity index (χ0v) is 10.4. The van der Waals surface area contributed by atoms with E-state index < -0.39 is 0 Å². The van der Waals surface area contributed by atoms with Gasteiger partial charge in [-0.3, -0.25) is 0 Å². The summed E-state index contributed by atoms with van der Waals surface area (Å²) in [5.41, 5.74) is 1.22. The van der Waals surface area contributed by atoms with Crippen LogP contribution >= 0.6 is 0 Å². The summed E-state index contributed by atoms with van der Waals surface area (Å²) < 4.78 is 13.2. The second-order valence-corrected chi connectivity index (χ2v) is 4.55. The lowest BCUT2D eigenvalue weighted by atomic mass is 10.1. The number of rotatable bonds is 1. The molecule has 0 bridgehead atoms. The molecule has 5 heteroatoms. The Labute approximate surface area is 110 Å². The monoisotopic (exact) mass is 256 g/mol. The number of anilines is 1. The Morgan fingerprint density at radius 3 is 2.79 bits per heavy atom. The molecule has 2 heterocycles. The molecule has 0 spiro atoms. The first kappa shape index (κ1) is 11.9. The van der Waals surface area contributed by atoms with Crippen molar-refractivity contribution >= 4 is 16.7 Å². The number of halogens is 1. The van der Waals surface area contributed by atoms with Crippen molar-refractivity contribution in [3.05, 3.63) is 35.6 Å². The second-order valence-electron chi connectivity index (χ2n) is 4.55. The number of pyridine rings is 1. The van der Waals surface area contributed by atoms with Gasteiger partial charge in [-0.1, -0.05) is 0 Å². The van der Waals surface area contributed by atoms with Crippen LogP contribution in [0, 0.1) is 17.1 Å². The average Bonchev–Trinajstić information content (AvgIpc) is 2.46. The van der Waals surface area contributed by atoms with Gasteiger partial charge in [-0.25, -0.2) is 9.37 Å². The summed E-state index contributed by atoms with van der Waals surface area (Å²) in [6.07, 6.45) is 0. The van der Waals surface area contributed by atoms with Gasteiger partial charge in [-0.15, -0.1) is 0 Å². The molecule has 1 saturated heterocycles. The van der Waals surface area contributed by atoms with Gasteiger partial charge in [0.15, 0.2) is 0 Å². The number of nitrogens with one attached hydrogen (secondary N) is 1. The van der Waals surface area contributed by atoms with Crippen molar-refractivity contribution in [2.24, 2.45) is 0 Å². The van der Waals surface area contributed by atoms with Gasteiger partial charge in [-0.2, -0.15) is 5.26 Å². The maximum absolute atomic E-state index is 13.2. The van der Waals surface area contributed by atoms with Crippen LogP contribution in [0.15, 0.2) is 24.3 Å². The van der Waals surface area contributed by atoms with Crippen molar-refractivity contribution in [3.8, 4) is 6.07 Å². The van der Waals surface area contributed by atoms with Crippen molar-refractivity contribution < 1.29 is 4.39 Å². The van der Waals surface area contributed by atoms with E-state index in [1.165, 1.54) is 12.1 Å². The van der Waals surface area contributed by atoms with Gasteiger partial charge in [0.25, 0.3) is 0 Å². The summed E-state index contributed by atoms with van der Waals surface area (Å²) in [5, 5.41) is 13.2. The zero-order valence-electron chi connectivity index (χ0n) is 10.4. The number of piperazine rings is 1. The molecular weight excluding hydrogens is 243 g/mol. The van der Waals surface area contributed by atoms with E-state index in [1.54, 1.807) is 12.1 Å². The number of hydrogen-bond donors (Lipinski definition) is 1. The third-order valence-corrected chi connectivity index (χ3v) is 3.29. The molecule has 1 N–H and O–H groups in total. The average molecular weight is 256 g/mol. The number of nitriles is 1. The van der Waals surface area contributed by atoms with Gasteiger partial charge < -0.3 is 10.2 Å². The fourth-order valence-corrected chi connectivity index (χ4v) is 2.34. The smallest absolute Gasteiger partial charge is 0.147 e. The first-order valence-electron chi connectivity index (χ1n) is 6.24. The summed E-state index contributed by atoms with van der Waals surface area (Å²) in [6.45, 7) is 3.42. The van der Waals surface area contributed by atoms with E-state index in [2.05, 4.69) is 21.3 Å². The van der Waals surface area contributed by atoms with E-state index >= 15 is 0 Å². The van der Waals surface area contributed by atoms with Crippen molar-refractivity contribution in [1.29, 1.82) is 5.26 Å². The Hall–Kier alpha value is -2.19. The molecule has 19 heavy (non-hydrogen) atoms. The second kappa shape index (κ2) is 4.82. The van der Waals surface area contributed by atoms with Gasteiger partial charge >= 0.3 is 0 Å². The topological polar surface area (TPSA) is 52.0 Å². The van der Waals surface area contributed by atoms with Crippen LogP contribution in [0.1, 0.15) is 5.56 Å². The number of fused-ring (bicyclic) bond motifs is 1. The van der Waals surface area contributed by atoms with E-state index in [4.69, 9.17) is 0 Å². The largest absolute Gasteiger partial charge is 0.353 e. The molecular formula is C14H13FN4. The predicted molar refractivity (Wildman–Crippen MR) is 71.5 cm³/mol. The first-order valence-corrected chi connectivity index (χ1v) is 6.24. The van der Waals surface area contributed by atoms with E-state index in [-0.39, 0.29) is 5.82 Å². The number of nitrogens with zero attached hydrogens (tertiary/aromatic N) is 3. The molecule has 0 atom stereocenters. The highest BCUT2D eigenvalue weighted by atomic mass is 19.1. The Bertz CT molecular complexity index is 656. The van der Waals surface area contributed by atoms with Crippen LogP contribution in [-0.4, -0.2) is 31.2 Å². The van der Waals surface area contributed by atoms with E-state index in [1.807, 2.05) is 0 Å². The summed E-state index contributed by atoms with van der Waals surface area (Å²) in [4.78, 5) is 6.61. The molecule has 0 unspecified atom stereocenters. The molecule has 1 aliphatic heterocycles. The van der Waals surface area contributed by atoms with Crippen molar-refractivity contribution in [1.82, 2.24) is 10.3 Å². The maximum Gasteiger partial charge on any atom is 0.147 e. The molecule has 1 aromatic heterocycles. The van der Waals surface area contributed by atoms with Crippen LogP contribution in [0.25, 0.3) is 10.9 Å². The van der Waals surface area contributed by atoms with Gasteiger partial charge in [0.05, 0.1) is 11.1 Å². The SMILES string of the molecule is N#Cc1cc2cc(F)ccc2nc1N1CCNCC1. The highest BCUT2D eigenvalue weighted by Crippen LogP contribution is 2.24. The van der Waals surface area contributed by atoms with Crippen LogP contribution in [0.5, 0.6) is 0 Å². The highest BCUT2D eigenvalue weighted by molar-refractivity contribution is 5.83. The Balaban J connectivity index is 2.12. The zero-order chi connectivity index (χ0) is 13.2. The van der Waals surface area contributed by atoms with Crippen LogP contribution in [-0.2, 0) is 0 Å². The molecule has 1 aliphatic rings. The van der Waals surface area contributed by atoms with Gasteiger partial charge in [0.2, 0.25) is 0 Å². The standard InChI is InChI=1S/C14H13FN4/c15-12-1-2-13-10(8-12)7-11(9-16)14(18-13)19-5-3-17-4-6-19/h1-2,7-8,17H,3-6H2. The number of hydrogen-bond acceptors (Lipinski definition) is 4. The third-order valence-electron chi connectivity index (χ3n) is 3.29. The maximum atomic E-state index is 13.2. The lowest BCUT2D eigenvalue weighted by molar-refractivity contribution is 0.585. The van der Waals surface area contributed by atoms with Crippen LogP contribution in [0.2, 0.25) is 0 Å². The minimum Gasteiger partial charge on any atom is -0.353 e. The highest BCUT2D eigenvalue weighted by Gasteiger charge is 2.16. The summed E-state index contributed by atoms with van der Waals surface area (Å²) in [5.74, 6) is 0.385. The van der Waals surface area contributed by atoms with E-state index in [9.17, 15) is 9.65 Å². The summed E-state index contributed by atoms with van der Waals surface area (Å²) in [7, 11) is 0. The van der Waals surface area contributed by atoms with Crippen LogP contribution < -0.4 is 10.2 Å². The fraction of sp³-hybridized carbons (Fsp3) is 0.286. The lowest BCUT2D eigenvalue weighted by Gasteiger charge is -2.29. The first-order chi connectivity index (χ1) is 9.28. The number of benzene rings is 1. The molecule has 0 radical (unpaired) electrons. The fourth-order valence-electron chi connectivity index (χ4n) is 2.34. The molecule has 0 amide bonds. The van der Waals surface area contributed by atoms with Gasteiger partial charge in [0.1, 0.15) is 17.7 Å². The Kier molecular flexibility index (Phi) is 3.02. The van der Waals surface area contributed by atoms with Crippen LogP contribution in [0.3, 0.4) is 0 Å². The third kappa shape index (κ3) is 2.23. The molecule has 1 fully saturated rings. The molecule has 0 aliphatic carbocycles. The molecule has 4 nitrogen and oxygen atoms in total. The lowest BCUT2D eigenvalue weighted by Crippen LogP contribution is -2.44. The molecule has 3 rings (SSSR count). The normalized spacial score (nSPS) is 15.5. The van der Waals surface area contributed by atoms with Gasteiger partial charge in [-0.05, 0) is 24.3 Å². The molecule has 1 aromatic carbocycles. The number of aromatic nitrogens is 1. The summed E-state index contributed by atoms with van der Waals surface area (Å²) in [6, 6.07) is 8.32. The predicted octanol–water partition coefficient (Wildman–Crippen LogP) is 1.66. The van der Waals surface area contributed by atoms with Crippen molar-refractivity contribution in [3.63, 3.8) is 0 Å². The Morgan fingerprint density at radius 2 is 2.05 bits per heavy atom. The van der Waals surface area contributed by atoms with Gasteiger partial charge in [0, 0.05) is 31.6 Å². The minimum atomic E-state index is -0.312. The van der Waals surface area contributed by atoms with E-state index in [0.717, 1.165) is 26.2 Å². The molecule has 96 valence electrons. The molecule has 2 aromatic rings. The minimum absolute atomic E-state index is 0.312. The van der Waals surface area contributed by atoms with Crippen molar-refractivity contribution in [2.75, 3.05) is 31.1 Å². The van der Waals surface area contributed by atoms with Crippen molar-refractivity contribution in [2.45, 2.75) is 0 Å². The van der Waals surface area contributed by atoms with E-state index in [0.29, 0.717) is 22.3 Å².